The molecular formula is C38H30N2O4S. The Bertz CT molecular complexity index is 2300. The molecule has 0 radical (unpaired) electrons. The van der Waals surface area contributed by atoms with Crippen molar-refractivity contribution in [1.82, 2.24) is 4.57 Å². The van der Waals surface area contributed by atoms with Crippen LogP contribution >= 0.6 is 11.3 Å². The number of allylic oxidation sites excluding steroid dienone is 1. The summed E-state index contributed by atoms with van der Waals surface area (Å²) in [6.45, 7) is 4.23. The molecule has 1 aromatic heterocycles. The number of nitrogens with zero attached hydrogens (tertiary/aromatic N) is 2. The molecule has 0 amide bonds. The van der Waals surface area contributed by atoms with Crippen LogP contribution in [0.3, 0.4) is 0 Å². The van der Waals surface area contributed by atoms with Crippen molar-refractivity contribution in [2.24, 2.45) is 4.99 Å². The summed E-state index contributed by atoms with van der Waals surface area (Å²) in [5.41, 5.74) is 3.49. The lowest BCUT2D eigenvalue weighted by molar-refractivity contribution is -0.139. The topological polar surface area (TPSA) is 69.9 Å². The Labute approximate surface area is 263 Å². The van der Waals surface area contributed by atoms with E-state index in [-0.39, 0.29) is 12.2 Å². The van der Waals surface area contributed by atoms with Gasteiger partial charge >= 0.3 is 5.97 Å². The van der Waals surface area contributed by atoms with Gasteiger partial charge in [-0.3, -0.25) is 9.36 Å². The lowest BCUT2D eigenvalue weighted by Gasteiger charge is -2.25. The molecule has 0 aliphatic carbocycles. The Morgan fingerprint density at radius 2 is 1.58 bits per heavy atom. The van der Waals surface area contributed by atoms with E-state index in [0.717, 1.165) is 32.8 Å². The summed E-state index contributed by atoms with van der Waals surface area (Å²) in [7, 11) is 0. The Balaban J connectivity index is 1.29. The molecule has 1 aliphatic heterocycles. The summed E-state index contributed by atoms with van der Waals surface area (Å²) >= 11 is 1.31. The molecule has 0 spiro atoms. The smallest absolute Gasteiger partial charge is 0.338 e. The summed E-state index contributed by atoms with van der Waals surface area (Å²) in [6.07, 6.45) is 1.86. The van der Waals surface area contributed by atoms with E-state index in [1.54, 1.807) is 18.4 Å². The molecule has 45 heavy (non-hydrogen) atoms. The molecule has 6 nitrogen and oxygen atoms in total. The SMILES string of the molecule is CCOC(=O)C1=C(C)N=c2s/c(=C/c3cccc(OCc4cccc5ccccc45)c3)c(=O)n2[C@@H]1c1cccc2ccccc12. The van der Waals surface area contributed by atoms with Gasteiger partial charge in [0, 0.05) is 0 Å². The molecule has 7 heteroatoms. The van der Waals surface area contributed by atoms with Crippen LogP contribution in [0.4, 0.5) is 0 Å². The third-order valence-corrected chi connectivity index (χ3v) is 9.05. The highest BCUT2D eigenvalue weighted by Gasteiger charge is 2.34. The maximum atomic E-state index is 14.2. The molecule has 5 aromatic carbocycles. The highest BCUT2D eigenvalue weighted by Crippen LogP contribution is 2.35. The van der Waals surface area contributed by atoms with Gasteiger partial charge in [0.15, 0.2) is 4.80 Å². The second kappa shape index (κ2) is 12.0. The van der Waals surface area contributed by atoms with Gasteiger partial charge in [0.1, 0.15) is 12.4 Å². The minimum Gasteiger partial charge on any atom is -0.489 e. The summed E-state index contributed by atoms with van der Waals surface area (Å²) in [5.74, 6) is 0.237. The predicted molar refractivity (Wildman–Crippen MR) is 179 cm³/mol. The predicted octanol–water partition coefficient (Wildman–Crippen LogP) is 6.68. The van der Waals surface area contributed by atoms with Crippen LogP contribution in [0, 0.1) is 0 Å². The van der Waals surface area contributed by atoms with E-state index in [1.807, 2.05) is 91.0 Å². The van der Waals surface area contributed by atoms with Crippen molar-refractivity contribution in [2.45, 2.75) is 26.5 Å². The van der Waals surface area contributed by atoms with Gasteiger partial charge in [0.2, 0.25) is 0 Å². The minimum atomic E-state index is -0.677. The van der Waals surface area contributed by atoms with Crippen molar-refractivity contribution >= 4 is 44.9 Å². The van der Waals surface area contributed by atoms with Crippen molar-refractivity contribution in [3.63, 3.8) is 0 Å². The number of ether oxygens (including phenoxy) is 2. The Morgan fingerprint density at radius 3 is 2.38 bits per heavy atom. The molecule has 1 atom stereocenters. The summed E-state index contributed by atoms with van der Waals surface area (Å²) < 4.78 is 13.8. The van der Waals surface area contributed by atoms with Gasteiger partial charge in [0.25, 0.3) is 5.56 Å². The Morgan fingerprint density at radius 1 is 0.889 bits per heavy atom. The van der Waals surface area contributed by atoms with Gasteiger partial charge in [-0.05, 0) is 70.3 Å². The van der Waals surface area contributed by atoms with Crippen molar-refractivity contribution < 1.29 is 14.3 Å². The first kappa shape index (κ1) is 28.5. The fourth-order valence-electron chi connectivity index (χ4n) is 6.00. The zero-order valence-electron chi connectivity index (χ0n) is 24.9. The molecular weight excluding hydrogens is 580 g/mol. The number of esters is 1. The number of hydrogen-bond donors (Lipinski definition) is 0. The van der Waals surface area contributed by atoms with Gasteiger partial charge in [-0.1, -0.05) is 108 Å². The van der Waals surface area contributed by atoms with Crippen LogP contribution in [0.25, 0.3) is 27.6 Å². The van der Waals surface area contributed by atoms with Crippen molar-refractivity contribution in [1.29, 1.82) is 0 Å². The third kappa shape index (κ3) is 5.36. The molecule has 0 bridgehead atoms. The van der Waals surface area contributed by atoms with Gasteiger partial charge in [-0.25, -0.2) is 9.79 Å². The third-order valence-electron chi connectivity index (χ3n) is 8.07. The highest BCUT2D eigenvalue weighted by atomic mass is 32.1. The fraction of sp³-hybridized carbons (Fsp3) is 0.132. The molecule has 222 valence electrons. The van der Waals surface area contributed by atoms with Crippen molar-refractivity contribution in [2.75, 3.05) is 6.61 Å². The van der Waals surface area contributed by atoms with Crippen LogP contribution < -0.4 is 19.6 Å². The Kier molecular flexibility index (Phi) is 7.61. The lowest BCUT2D eigenvalue weighted by Crippen LogP contribution is -2.40. The standard InChI is InChI=1S/C38H30N2O4S/c1-3-43-37(42)34-24(2)39-38-40(35(34)32-20-10-15-27-13-5-7-19-31(27)32)36(41)33(45-38)22-25-11-8-17-29(21-25)44-23-28-16-9-14-26-12-4-6-18-30(26)28/h4-22,35H,3,23H2,1-2H3/b33-22+/t35-/m1/s1. The van der Waals surface area contributed by atoms with Crippen LogP contribution in [-0.2, 0) is 16.1 Å². The average molecular weight is 611 g/mol. The summed E-state index contributed by atoms with van der Waals surface area (Å²) in [4.78, 5) is 32.8. The van der Waals surface area contributed by atoms with E-state index in [9.17, 15) is 9.59 Å². The molecule has 1 aliphatic rings. The highest BCUT2D eigenvalue weighted by molar-refractivity contribution is 7.07. The number of benzene rings is 5. The maximum absolute atomic E-state index is 14.2. The van der Waals surface area contributed by atoms with Gasteiger partial charge in [0.05, 0.1) is 28.5 Å². The molecule has 2 heterocycles. The van der Waals surface area contributed by atoms with Gasteiger partial charge in [-0.2, -0.15) is 0 Å². The largest absolute Gasteiger partial charge is 0.489 e. The molecule has 0 N–H and O–H groups in total. The number of hydrogen-bond acceptors (Lipinski definition) is 6. The molecule has 0 fully saturated rings. The van der Waals surface area contributed by atoms with E-state index in [0.29, 0.717) is 33.0 Å². The van der Waals surface area contributed by atoms with E-state index < -0.39 is 12.0 Å². The first-order valence-corrected chi connectivity index (χ1v) is 15.7. The molecule has 6 aromatic rings. The second-order valence-corrected chi connectivity index (χ2v) is 11.9. The van der Waals surface area contributed by atoms with Crippen LogP contribution in [0.1, 0.15) is 36.6 Å². The molecule has 0 saturated carbocycles. The van der Waals surface area contributed by atoms with Crippen molar-refractivity contribution in [3.05, 3.63) is 157 Å². The number of carbonyl (C=O) groups is 1. The second-order valence-electron chi connectivity index (χ2n) is 10.9. The van der Waals surface area contributed by atoms with E-state index in [4.69, 9.17) is 14.5 Å². The number of aromatic nitrogens is 1. The van der Waals surface area contributed by atoms with Gasteiger partial charge in [-0.15, -0.1) is 0 Å². The van der Waals surface area contributed by atoms with Crippen LogP contribution in [0.2, 0.25) is 0 Å². The quantitative estimate of drug-likeness (QED) is 0.189. The van der Waals surface area contributed by atoms with E-state index in [1.165, 1.54) is 16.7 Å². The van der Waals surface area contributed by atoms with E-state index in [2.05, 4.69) is 24.3 Å². The van der Waals surface area contributed by atoms with E-state index >= 15 is 0 Å². The van der Waals surface area contributed by atoms with Gasteiger partial charge < -0.3 is 9.47 Å². The molecule has 7 rings (SSSR count). The normalized spacial score (nSPS) is 14.8. The Hall–Kier alpha value is -5.27. The maximum Gasteiger partial charge on any atom is 0.338 e. The fourth-order valence-corrected chi connectivity index (χ4v) is 7.05. The van der Waals surface area contributed by atoms with Crippen LogP contribution in [0.15, 0.2) is 130 Å². The number of fused-ring (bicyclic) bond motifs is 3. The number of carbonyl (C=O) groups excluding carboxylic acids is 1. The minimum absolute atomic E-state index is 0.215. The van der Waals surface area contributed by atoms with Crippen molar-refractivity contribution in [3.8, 4) is 5.75 Å². The number of rotatable bonds is 7. The average Bonchev–Trinajstić information content (AvgIpc) is 3.36. The summed E-state index contributed by atoms with van der Waals surface area (Å²) in [5, 5.41) is 4.32. The lowest BCUT2D eigenvalue weighted by atomic mass is 9.91. The van der Waals surface area contributed by atoms with Crippen LogP contribution in [0.5, 0.6) is 5.75 Å². The zero-order chi connectivity index (χ0) is 30.9. The monoisotopic (exact) mass is 610 g/mol. The van der Waals surface area contributed by atoms with Crippen LogP contribution in [-0.4, -0.2) is 17.1 Å². The zero-order valence-corrected chi connectivity index (χ0v) is 25.7. The molecule has 0 saturated heterocycles. The number of thiazole rings is 1. The first-order valence-electron chi connectivity index (χ1n) is 14.9. The molecule has 0 unspecified atom stereocenters. The first-order chi connectivity index (χ1) is 22.0. The summed E-state index contributed by atoms with van der Waals surface area (Å²) in [6, 6.07) is 35.4.